The molecular weight excluding hydrogens is 449 g/mol. The van der Waals surface area contributed by atoms with Gasteiger partial charge in [-0.1, -0.05) is 11.3 Å². The molecule has 0 unspecified atom stereocenters. The number of rotatable bonds is 3. The number of ether oxygens (including phenoxy) is 1. The lowest BCUT2D eigenvalue weighted by atomic mass is 10.2. The second-order valence-electron chi connectivity index (χ2n) is 7.31. The third kappa shape index (κ3) is 4.28. The maximum atomic E-state index is 13.1. The van der Waals surface area contributed by atoms with Gasteiger partial charge in [-0.05, 0) is 42.5 Å². The number of furan rings is 1. The number of aromatic nitrogens is 3. The molecule has 33 heavy (non-hydrogen) atoms. The minimum Gasteiger partial charge on any atom is -0.457 e. The monoisotopic (exact) mass is 467 g/mol. The van der Waals surface area contributed by atoms with Crippen molar-refractivity contribution in [3.05, 3.63) is 73.7 Å². The van der Waals surface area contributed by atoms with Gasteiger partial charge in [0.1, 0.15) is 22.0 Å². The fourth-order valence-corrected chi connectivity index (χ4v) is 4.29. The summed E-state index contributed by atoms with van der Waals surface area (Å²) >= 11 is 1.11. The predicted molar refractivity (Wildman–Crippen MR) is 118 cm³/mol. The molecule has 0 saturated carbocycles. The van der Waals surface area contributed by atoms with Gasteiger partial charge in [0.25, 0.3) is 5.56 Å². The molecule has 9 nitrogen and oxygen atoms in total. The minimum atomic E-state index is -0.582. The number of H-pyrrole nitrogens is 1. The van der Waals surface area contributed by atoms with E-state index in [9.17, 15) is 14.0 Å². The Morgan fingerprint density at radius 1 is 1.18 bits per heavy atom. The summed E-state index contributed by atoms with van der Waals surface area (Å²) in [5, 5.41) is 11.7. The van der Waals surface area contributed by atoms with Crippen molar-refractivity contribution in [1.82, 2.24) is 19.7 Å². The van der Waals surface area contributed by atoms with Crippen molar-refractivity contribution in [2.75, 3.05) is 26.3 Å². The minimum absolute atomic E-state index is 0.0348. The van der Waals surface area contributed by atoms with Crippen LogP contribution in [0.3, 0.4) is 0 Å². The predicted octanol–water partition coefficient (Wildman–Crippen LogP) is 0.407. The van der Waals surface area contributed by atoms with Gasteiger partial charge < -0.3 is 14.1 Å². The molecule has 1 saturated heterocycles. The first kappa shape index (κ1) is 21.0. The highest BCUT2D eigenvalue weighted by atomic mass is 32.1. The molecule has 2 N–H and O–H groups in total. The Morgan fingerprint density at radius 3 is 2.70 bits per heavy atom. The van der Waals surface area contributed by atoms with E-state index >= 15 is 0 Å². The molecule has 5 rings (SSSR count). The normalized spacial score (nSPS) is 15.5. The third-order valence-electron chi connectivity index (χ3n) is 5.14. The van der Waals surface area contributed by atoms with E-state index in [2.05, 4.69) is 10.1 Å². The van der Waals surface area contributed by atoms with Crippen molar-refractivity contribution >= 4 is 29.4 Å². The molecule has 3 aliphatic rings. The van der Waals surface area contributed by atoms with Gasteiger partial charge in [-0.3, -0.25) is 20.1 Å². The highest BCUT2D eigenvalue weighted by molar-refractivity contribution is 7.11. The Bertz CT molecular complexity index is 1530. The first-order valence-electron chi connectivity index (χ1n) is 10.1. The molecule has 1 fully saturated rings. The Kier molecular flexibility index (Phi) is 5.48. The number of carbonyl (C=O) groups excluding carboxylic acids is 1. The SMILES string of the molecule is N=c1/c(=C/c2ccc(-c3ccc(F)cc3)o2)c(=O)nc2s/c(=C/C(=O)N3CCOCC3)[nH]n1-2. The molecule has 168 valence electrons. The number of nitrogens with zero attached hydrogens (tertiary/aromatic N) is 3. The van der Waals surface area contributed by atoms with Crippen LogP contribution in [0.5, 0.6) is 0 Å². The standard InChI is InChI=1S/C22H18FN5O4S/c23-14-3-1-13(2-4-14)17-6-5-15(32-17)11-16-20(24)28-22(25-21(16)30)33-18(26-28)12-19(29)27-7-9-31-10-8-27/h1-6,11-12,24,26H,7-10H2/b16-11-,18-12+,24-20?. The molecule has 0 spiro atoms. The van der Waals surface area contributed by atoms with Crippen LogP contribution < -0.4 is 20.9 Å². The summed E-state index contributed by atoms with van der Waals surface area (Å²) < 4.78 is 26.0. The summed E-state index contributed by atoms with van der Waals surface area (Å²) in [6, 6.07) is 9.20. The van der Waals surface area contributed by atoms with Gasteiger partial charge in [-0.15, -0.1) is 0 Å². The molecule has 1 aromatic heterocycles. The number of halogens is 1. The van der Waals surface area contributed by atoms with Gasteiger partial charge in [-0.25, -0.2) is 9.07 Å². The topological polar surface area (TPSA) is 117 Å². The van der Waals surface area contributed by atoms with Gasteiger partial charge in [0.2, 0.25) is 11.0 Å². The molecule has 0 radical (unpaired) electrons. The van der Waals surface area contributed by atoms with Crippen LogP contribution in [0.15, 0.2) is 45.6 Å². The van der Waals surface area contributed by atoms with Crippen molar-refractivity contribution in [2.45, 2.75) is 0 Å². The van der Waals surface area contributed by atoms with Gasteiger partial charge in [0.05, 0.1) is 18.4 Å². The van der Waals surface area contributed by atoms with Crippen LogP contribution in [0.4, 0.5) is 4.39 Å². The summed E-state index contributed by atoms with van der Waals surface area (Å²) in [4.78, 5) is 30.8. The van der Waals surface area contributed by atoms with Crippen LogP contribution >= 0.6 is 11.3 Å². The van der Waals surface area contributed by atoms with Crippen LogP contribution in [0.25, 0.3) is 28.6 Å². The summed E-state index contributed by atoms with van der Waals surface area (Å²) in [6.45, 7) is 2.03. The number of benzene rings is 1. The van der Waals surface area contributed by atoms with Crippen LogP contribution in [-0.2, 0) is 9.53 Å². The van der Waals surface area contributed by atoms with Crippen LogP contribution in [0.2, 0.25) is 0 Å². The Labute approximate surface area is 189 Å². The highest BCUT2D eigenvalue weighted by Crippen LogP contribution is 2.22. The second kappa shape index (κ2) is 8.60. The number of nitrogens with one attached hydrogen (secondary N) is 2. The second-order valence-corrected chi connectivity index (χ2v) is 8.32. The Balaban J connectivity index is 1.51. The van der Waals surface area contributed by atoms with E-state index in [0.717, 1.165) is 11.3 Å². The first-order chi connectivity index (χ1) is 16.0. The van der Waals surface area contributed by atoms with Gasteiger partial charge in [0, 0.05) is 24.7 Å². The third-order valence-corrected chi connectivity index (χ3v) is 6.03. The number of carbonyl (C=O) groups is 1. The fourth-order valence-electron chi connectivity index (χ4n) is 3.44. The van der Waals surface area contributed by atoms with E-state index < -0.39 is 5.56 Å². The molecule has 1 amide bonds. The number of hydrogen-bond acceptors (Lipinski definition) is 7. The maximum Gasteiger partial charge on any atom is 0.283 e. The summed E-state index contributed by atoms with van der Waals surface area (Å²) in [7, 11) is 0. The zero-order chi connectivity index (χ0) is 22.9. The smallest absolute Gasteiger partial charge is 0.283 e. The van der Waals surface area contributed by atoms with Crippen LogP contribution in [0, 0.1) is 11.2 Å². The summed E-state index contributed by atoms with van der Waals surface area (Å²) in [6.07, 6.45) is 2.87. The number of morpholine rings is 1. The molecule has 4 heterocycles. The lowest BCUT2D eigenvalue weighted by Gasteiger charge is -2.25. The van der Waals surface area contributed by atoms with Crippen molar-refractivity contribution < 1.29 is 18.3 Å². The van der Waals surface area contributed by atoms with Gasteiger partial charge in [0.15, 0.2) is 5.49 Å². The Morgan fingerprint density at radius 2 is 1.94 bits per heavy atom. The molecule has 0 bridgehead atoms. The molecule has 3 aliphatic heterocycles. The number of amides is 1. The molecule has 1 aromatic carbocycles. The summed E-state index contributed by atoms with van der Waals surface area (Å²) in [5.74, 6) is 0.332. The zero-order valence-corrected chi connectivity index (χ0v) is 18.0. The number of aromatic amines is 1. The van der Waals surface area contributed by atoms with Crippen LogP contribution in [0.1, 0.15) is 5.76 Å². The average Bonchev–Trinajstić information content (AvgIpc) is 3.45. The maximum absolute atomic E-state index is 13.1. The van der Waals surface area contributed by atoms with Gasteiger partial charge in [-0.2, -0.15) is 4.98 Å². The lowest BCUT2D eigenvalue weighted by molar-refractivity contribution is -0.128. The van der Waals surface area contributed by atoms with E-state index in [4.69, 9.17) is 14.6 Å². The molecule has 11 heteroatoms. The highest BCUT2D eigenvalue weighted by Gasteiger charge is 2.16. The largest absolute Gasteiger partial charge is 0.457 e. The molecule has 0 aliphatic carbocycles. The molecule has 0 atom stereocenters. The quantitative estimate of drug-likeness (QED) is 0.453. The van der Waals surface area contributed by atoms with E-state index in [-0.39, 0.29) is 27.6 Å². The van der Waals surface area contributed by atoms with Crippen molar-refractivity contribution in [1.29, 1.82) is 5.41 Å². The van der Waals surface area contributed by atoms with Gasteiger partial charge >= 0.3 is 0 Å². The number of fused-ring (bicyclic) bond motifs is 1. The molecular formula is C22H18FN5O4S. The zero-order valence-electron chi connectivity index (χ0n) is 17.2. The van der Waals surface area contributed by atoms with Crippen LogP contribution in [-0.4, -0.2) is 51.9 Å². The summed E-state index contributed by atoms with van der Waals surface area (Å²) in [5.41, 5.74) is -0.00998. The number of hydrogen-bond donors (Lipinski definition) is 2. The first-order valence-corrected chi connectivity index (χ1v) is 10.9. The molecule has 2 aromatic rings. The van der Waals surface area contributed by atoms with Crippen molar-refractivity contribution in [3.8, 4) is 16.5 Å². The average molecular weight is 467 g/mol. The van der Waals surface area contributed by atoms with E-state index in [1.165, 1.54) is 29.0 Å². The lowest BCUT2D eigenvalue weighted by Crippen LogP contribution is -2.47. The van der Waals surface area contributed by atoms with E-state index in [1.807, 2.05) is 0 Å². The van der Waals surface area contributed by atoms with E-state index in [0.29, 0.717) is 48.1 Å². The van der Waals surface area contributed by atoms with E-state index in [1.54, 1.807) is 29.2 Å². The van der Waals surface area contributed by atoms with Crippen molar-refractivity contribution in [2.24, 2.45) is 0 Å². The Hall–Kier alpha value is -3.83. The fraction of sp³-hybridized carbons (Fsp3) is 0.182. The van der Waals surface area contributed by atoms with Crippen molar-refractivity contribution in [3.63, 3.8) is 0 Å².